The first-order valence-electron chi connectivity index (χ1n) is 9.74. The third kappa shape index (κ3) is 6.70. The number of hydrogen-bond donors (Lipinski definition) is 1. The highest BCUT2D eigenvalue weighted by Crippen LogP contribution is 2.15. The molecular formula is C20H34IN5. The molecule has 0 aliphatic carbocycles. The van der Waals surface area contributed by atoms with Crippen LogP contribution in [0.3, 0.4) is 0 Å². The van der Waals surface area contributed by atoms with Crippen molar-refractivity contribution in [1.82, 2.24) is 14.7 Å². The van der Waals surface area contributed by atoms with E-state index in [4.69, 9.17) is 5.73 Å². The third-order valence-corrected chi connectivity index (χ3v) is 5.38. The van der Waals surface area contributed by atoms with Crippen molar-refractivity contribution in [3.8, 4) is 0 Å². The summed E-state index contributed by atoms with van der Waals surface area (Å²) in [6.07, 6.45) is 2.55. The van der Waals surface area contributed by atoms with Crippen LogP contribution in [-0.2, 0) is 6.54 Å². The molecule has 1 atom stereocenters. The van der Waals surface area contributed by atoms with Gasteiger partial charge in [-0.15, -0.1) is 24.0 Å². The summed E-state index contributed by atoms with van der Waals surface area (Å²) in [5, 5.41) is 0. The molecule has 0 bridgehead atoms. The van der Waals surface area contributed by atoms with Crippen LogP contribution in [0, 0.1) is 5.92 Å². The Balaban J connectivity index is 0.00000243. The molecule has 0 radical (unpaired) electrons. The van der Waals surface area contributed by atoms with Crippen molar-refractivity contribution in [2.45, 2.75) is 26.3 Å². The number of aliphatic imine (C=N–C) groups is 1. The Morgan fingerprint density at radius 2 is 1.77 bits per heavy atom. The average molecular weight is 471 g/mol. The highest BCUT2D eigenvalue weighted by Gasteiger charge is 2.18. The molecule has 2 saturated heterocycles. The van der Waals surface area contributed by atoms with Gasteiger partial charge in [-0.3, -0.25) is 14.8 Å². The zero-order valence-corrected chi connectivity index (χ0v) is 18.3. The van der Waals surface area contributed by atoms with E-state index in [0.29, 0.717) is 0 Å². The third-order valence-electron chi connectivity index (χ3n) is 5.38. The molecular weight excluding hydrogens is 437 g/mol. The maximum absolute atomic E-state index is 6.18. The second kappa shape index (κ2) is 11.1. The van der Waals surface area contributed by atoms with Gasteiger partial charge in [0.1, 0.15) is 0 Å². The van der Waals surface area contributed by atoms with Gasteiger partial charge in [-0.25, -0.2) is 0 Å². The molecule has 1 aromatic carbocycles. The maximum atomic E-state index is 6.18. The summed E-state index contributed by atoms with van der Waals surface area (Å²) < 4.78 is 0. The van der Waals surface area contributed by atoms with E-state index in [2.05, 4.69) is 56.9 Å². The molecule has 0 saturated carbocycles. The zero-order valence-electron chi connectivity index (χ0n) is 16.0. The summed E-state index contributed by atoms with van der Waals surface area (Å²) >= 11 is 0. The van der Waals surface area contributed by atoms with Crippen LogP contribution in [0.25, 0.3) is 0 Å². The largest absolute Gasteiger partial charge is 0.370 e. The molecule has 2 aliphatic heterocycles. The fraction of sp³-hybridized carbons (Fsp3) is 0.650. The lowest BCUT2D eigenvalue weighted by atomic mass is 10.0. The minimum Gasteiger partial charge on any atom is -0.370 e. The molecule has 5 nitrogen and oxygen atoms in total. The number of hydrogen-bond acceptors (Lipinski definition) is 3. The lowest BCUT2D eigenvalue weighted by molar-refractivity contribution is 0.130. The number of nitrogens with two attached hydrogens (primary N) is 1. The average Bonchev–Trinajstić information content (AvgIpc) is 2.64. The zero-order chi connectivity index (χ0) is 17.5. The number of guanidine groups is 1. The molecule has 26 heavy (non-hydrogen) atoms. The molecule has 2 aliphatic rings. The number of benzene rings is 1. The Kier molecular flexibility index (Phi) is 9.15. The number of nitrogens with zero attached hydrogens (tertiary/aromatic N) is 4. The van der Waals surface area contributed by atoms with E-state index in [1.54, 1.807) is 0 Å². The standard InChI is InChI=1S/C20H33N5.HI/c1-18-6-5-10-25(16-18)20(21)22-9-11-23-12-14-24(15-13-23)17-19-7-3-2-4-8-19;/h2-4,7-8,18H,5-6,9-17H2,1H3,(H2,21,22);1H. The van der Waals surface area contributed by atoms with Gasteiger partial charge in [-0.2, -0.15) is 0 Å². The van der Waals surface area contributed by atoms with Crippen LogP contribution in [0.15, 0.2) is 35.3 Å². The van der Waals surface area contributed by atoms with Gasteiger partial charge in [0.2, 0.25) is 0 Å². The summed E-state index contributed by atoms with van der Waals surface area (Å²) in [5.41, 5.74) is 7.59. The first-order chi connectivity index (χ1) is 12.2. The first kappa shape index (κ1) is 21.4. The van der Waals surface area contributed by atoms with Crippen LogP contribution in [0.1, 0.15) is 25.3 Å². The summed E-state index contributed by atoms with van der Waals surface area (Å²) in [4.78, 5) is 11.9. The minimum absolute atomic E-state index is 0. The second-order valence-electron chi connectivity index (χ2n) is 7.54. The smallest absolute Gasteiger partial charge is 0.191 e. The van der Waals surface area contributed by atoms with Crippen LogP contribution < -0.4 is 5.73 Å². The fourth-order valence-electron chi connectivity index (χ4n) is 3.82. The monoisotopic (exact) mass is 471 g/mol. The van der Waals surface area contributed by atoms with Crippen molar-refractivity contribution in [3.63, 3.8) is 0 Å². The molecule has 146 valence electrons. The van der Waals surface area contributed by atoms with Crippen LogP contribution in [0.5, 0.6) is 0 Å². The van der Waals surface area contributed by atoms with Crippen molar-refractivity contribution in [1.29, 1.82) is 0 Å². The predicted molar refractivity (Wildman–Crippen MR) is 120 cm³/mol. The molecule has 1 aromatic rings. The van der Waals surface area contributed by atoms with E-state index < -0.39 is 0 Å². The van der Waals surface area contributed by atoms with Gasteiger partial charge in [-0.05, 0) is 24.3 Å². The maximum Gasteiger partial charge on any atom is 0.191 e. The lowest BCUT2D eigenvalue weighted by Crippen LogP contribution is -2.47. The van der Waals surface area contributed by atoms with E-state index in [0.717, 1.165) is 70.8 Å². The van der Waals surface area contributed by atoms with Crippen LogP contribution >= 0.6 is 24.0 Å². The van der Waals surface area contributed by atoms with Gasteiger partial charge in [0.15, 0.2) is 5.96 Å². The predicted octanol–water partition coefficient (Wildman–Crippen LogP) is 2.47. The highest BCUT2D eigenvalue weighted by atomic mass is 127. The topological polar surface area (TPSA) is 48.1 Å². The number of halogens is 1. The molecule has 2 N–H and O–H groups in total. The van der Waals surface area contributed by atoms with Crippen molar-refractivity contribution in [2.75, 3.05) is 52.4 Å². The van der Waals surface area contributed by atoms with Crippen molar-refractivity contribution in [2.24, 2.45) is 16.6 Å². The summed E-state index contributed by atoms with van der Waals surface area (Å²) in [6, 6.07) is 10.8. The molecule has 0 amide bonds. The van der Waals surface area contributed by atoms with E-state index in [1.807, 2.05) is 0 Å². The Morgan fingerprint density at radius 3 is 2.46 bits per heavy atom. The Hall–Kier alpha value is -0.860. The van der Waals surface area contributed by atoms with E-state index in [9.17, 15) is 0 Å². The van der Waals surface area contributed by atoms with Crippen molar-refractivity contribution in [3.05, 3.63) is 35.9 Å². The van der Waals surface area contributed by atoms with Crippen molar-refractivity contribution >= 4 is 29.9 Å². The molecule has 6 heteroatoms. The molecule has 0 aromatic heterocycles. The summed E-state index contributed by atoms with van der Waals surface area (Å²) in [7, 11) is 0. The van der Waals surface area contributed by atoms with E-state index in [1.165, 1.54) is 18.4 Å². The van der Waals surface area contributed by atoms with Gasteiger partial charge in [0, 0.05) is 52.4 Å². The highest BCUT2D eigenvalue weighted by molar-refractivity contribution is 14.0. The molecule has 3 rings (SSSR count). The van der Waals surface area contributed by atoms with Crippen LogP contribution in [0.2, 0.25) is 0 Å². The van der Waals surface area contributed by atoms with E-state index >= 15 is 0 Å². The molecule has 2 fully saturated rings. The number of likely N-dealkylation sites (tertiary alicyclic amines) is 1. The molecule has 1 unspecified atom stereocenters. The SMILES string of the molecule is CC1CCCN(C(N)=NCCN2CCN(Cc3ccccc3)CC2)C1.I. The van der Waals surface area contributed by atoms with E-state index in [-0.39, 0.29) is 24.0 Å². The van der Waals surface area contributed by atoms with Crippen LogP contribution in [-0.4, -0.2) is 73.0 Å². The Morgan fingerprint density at radius 1 is 1.08 bits per heavy atom. The molecule has 2 heterocycles. The normalized spacial score (nSPS) is 22.9. The van der Waals surface area contributed by atoms with Gasteiger partial charge in [0.25, 0.3) is 0 Å². The van der Waals surface area contributed by atoms with Gasteiger partial charge in [-0.1, -0.05) is 37.3 Å². The first-order valence-corrected chi connectivity index (χ1v) is 9.74. The lowest BCUT2D eigenvalue weighted by Gasteiger charge is -2.34. The van der Waals surface area contributed by atoms with Crippen LogP contribution in [0.4, 0.5) is 0 Å². The quantitative estimate of drug-likeness (QED) is 0.407. The molecule has 0 spiro atoms. The van der Waals surface area contributed by atoms with Crippen molar-refractivity contribution < 1.29 is 0 Å². The number of rotatable bonds is 5. The Bertz CT molecular complexity index is 542. The van der Waals surface area contributed by atoms with Gasteiger partial charge >= 0.3 is 0 Å². The number of piperazine rings is 1. The minimum atomic E-state index is 0. The van der Waals surface area contributed by atoms with Gasteiger partial charge in [0.05, 0.1) is 6.54 Å². The summed E-state index contributed by atoms with van der Waals surface area (Å²) in [5.74, 6) is 1.48. The fourth-order valence-corrected chi connectivity index (χ4v) is 3.82. The second-order valence-corrected chi connectivity index (χ2v) is 7.54. The number of piperidine rings is 1. The summed E-state index contributed by atoms with van der Waals surface area (Å²) in [6.45, 7) is 11.9. The Labute approximate surface area is 175 Å². The van der Waals surface area contributed by atoms with Gasteiger partial charge < -0.3 is 10.6 Å².